The minimum Gasteiger partial charge on any atom is -0.506 e. The number of benzene rings is 1. The Morgan fingerprint density at radius 2 is 2.18 bits per heavy atom. The number of nitrogens with one attached hydrogen (secondary N) is 1. The van der Waals surface area contributed by atoms with Crippen LogP contribution in [0.2, 0.25) is 5.02 Å². The van der Waals surface area contributed by atoms with Crippen LogP contribution in [0, 0.1) is 0 Å². The first-order chi connectivity index (χ1) is 7.99. The lowest BCUT2D eigenvalue weighted by Gasteiger charge is -2.19. The average Bonchev–Trinajstić information content (AvgIpc) is 2.30. The highest BCUT2D eigenvalue weighted by Gasteiger charge is 2.18. The molecular formula is C12H15BrClNO2. The van der Waals surface area contributed by atoms with Gasteiger partial charge in [-0.15, -0.1) is 0 Å². The molecule has 0 bridgehead atoms. The number of halogens is 2. The van der Waals surface area contributed by atoms with Crippen LogP contribution in [0.1, 0.15) is 38.3 Å². The van der Waals surface area contributed by atoms with Gasteiger partial charge in [0.25, 0.3) is 0 Å². The maximum absolute atomic E-state index is 11.4. The van der Waals surface area contributed by atoms with Crippen LogP contribution in [-0.2, 0) is 4.79 Å². The van der Waals surface area contributed by atoms with Gasteiger partial charge in [-0.2, -0.15) is 0 Å². The zero-order valence-corrected chi connectivity index (χ0v) is 12.1. The predicted molar refractivity (Wildman–Crippen MR) is 72.3 cm³/mol. The smallest absolute Gasteiger partial charge is 0.220 e. The van der Waals surface area contributed by atoms with Crippen molar-refractivity contribution < 1.29 is 9.90 Å². The van der Waals surface area contributed by atoms with E-state index in [9.17, 15) is 9.90 Å². The molecule has 1 unspecified atom stereocenters. The van der Waals surface area contributed by atoms with E-state index >= 15 is 0 Å². The maximum atomic E-state index is 11.4. The Morgan fingerprint density at radius 1 is 1.53 bits per heavy atom. The minimum atomic E-state index is -0.225. The zero-order valence-electron chi connectivity index (χ0n) is 9.76. The van der Waals surface area contributed by atoms with Gasteiger partial charge in [-0.05, 0) is 34.5 Å². The molecule has 0 saturated carbocycles. The number of hydrogen-bond donors (Lipinski definition) is 2. The Morgan fingerprint density at radius 3 is 2.71 bits per heavy atom. The third-order valence-corrected chi connectivity index (χ3v) is 3.32. The van der Waals surface area contributed by atoms with Gasteiger partial charge in [0.1, 0.15) is 5.75 Å². The Kier molecular flexibility index (Phi) is 5.28. The third-order valence-electron chi connectivity index (χ3n) is 2.50. The van der Waals surface area contributed by atoms with Crippen LogP contribution in [0.15, 0.2) is 16.6 Å². The van der Waals surface area contributed by atoms with Crippen molar-refractivity contribution in [3.63, 3.8) is 0 Å². The average molecular weight is 321 g/mol. The highest BCUT2D eigenvalue weighted by Crippen LogP contribution is 2.36. The van der Waals surface area contributed by atoms with E-state index in [1.165, 1.54) is 0 Å². The first-order valence-corrected chi connectivity index (χ1v) is 6.63. The molecule has 0 aromatic heterocycles. The van der Waals surface area contributed by atoms with Gasteiger partial charge in [0.15, 0.2) is 0 Å². The van der Waals surface area contributed by atoms with Crippen molar-refractivity contribution in [2.45, 2.75) is 32.7 Å². The molecule has 0 aliphatic heterocycles. The first-order valence-electron chi connectivity index (χ1n) is 5.46. The fourth-order valence-electron chi connectivity index (χ4n) is 1.55. The summed E-state index contributed by atoms with van der Waals surface area (Å²) in [5.41, 5.74) is 0.633. The summed E-state index contributed by atoms with van der Waals surface area (Å²) in [6.07, 6.45) is 1.10. The quantitative estimate of drug-likeness (QED) is 0.887. The molecule has 94 valence electrons. The monoisotopic (exact) mass is 319 g/mol. The van der Waals surface area contributed by atoms with E-state index in [1.807, 2.05) is 6.92 Å². The van der Waals surface area contributed by atoms with Gasteiger partial charge in [-0.25, -0.2) is 0 Å². The number of phenolic OH excluding ortho intramolecular Hbond substituents is 1. The number of amides is 1. The van der Waals surface area contributed by atoms with Crippen LogP contribution in [0.4, 0.5) is 0 Å². The summed E-state index contributed by atoms with van der Waals surface area (Å²) in [7, 11) is 0. The van der Waals surface area contributed by atoms with Gasteiger partial charge in [0, 0.05) is 17.0 Å². The second-order valence-corrected chi connectivity index (χ2v) is 5.00. The second-order valence-electron chi connectivity index (χ2n) is 3.71. The van der Waals surface area contributed by atoms with Gasteiger partial charge in [0.05, 0.1) is 10.5 Å². The Labute approximate surface area is 114 Å². The lowest BCUT2D eigenvalue weighted by Crippen LogP contribution is -2.27. The second kappa shape index (κ2) is 6.26. The molecule has 1 aromatic rings. The molecule has 0 fully saturated rings. The van der Waals surface area contributed by atoms with E-state index in [-0.39, 0.29) is 17.7 Å². The number of carbonyl (C=O) groups is 1. The molecule has 0 saturated heterocycles. The standard InChI is InChI=1S/C12H15BrClNO2/c1-3-10(15-11(16)4-2)8-5-7(14)6-9(13)12(8)17/h5-6,10,17H,3-4H2,1-2H3,(H,15,16). The number of rotatable bonds is 4. The molecule has 2 N–H and O–H groups in total. The van der Waals surface area contributed by atoms with Crippen molar-refractivity contribution in [1.82, 2.24) is 5.32 Å². The molecule has 1 atom stereocenters. The molecule has 1 rings (SSSR count). The predicted octanol–water partition coefficient (Wildman–Crippen LogP) is 3.79. The van der Waals surface area contributed by atoms with Gasteiger partial charge >= 0.3 is 0 Å². The first kappa shape index (κ1) is 14.3. The molecule has 1 amide bonds. The van der Waals surface area contributed by atoms with Gasteiger partial charge in [0.2, 0.25) is 5.91 Å². The van der Waals surface area contributed by atoms with Gasteiger partial charge in [-0.1, -0.05) is 25.4 Å². The summed E-state index contributed by atoms with van der Waals surface area (Å²) in [5.74, 6) is 0.0741. The zero-order chi connectivity index (χ0) is 13.0. The molecule has 0 heterocycles. The largest absolute Gasteiger partial charge is 0.506 e. The van der Waals surface area contributed by atoms with Crippen molar-refractivity contribution in [2.75, 3.05) is 0 Å². The van der Waals surface area contributed by atoms with E-state index in [4.69, 9.17) is 11.6 Å². The van der Waals surface area contributed by atoms with Crippen LogP contribution in [0.25, 0.3) is 0 Å². The van der Waals surface area contributed by atoms with Crippen LogP contribution in [0.3, 0.4) is 0 Å². The van der Waals surface area contributed by atoms with Crippen LogP contribution < -0.4 is 5.32 Å². The molecule has 17 heavy (non-hydrogen) atoms. The fraction of sp³-hybridized carbons (Fsp3) is 0.417. The minimum absolute atomic E-state index is 0.0488. The van der Waals surface area contributed by atoms with Crippen LogP contribution >= 0.6 is 27.5 Å². The molecule has 0 spiro atoms. The van der Waals surface area contributed by atoms with E-state index < -0.39 is 0 Å². The summed E-state index contributed by atoms with van der Waals surface area (Å²) >= 11 is 9.17. The van der Waals surface area contributed by atoms with Crippen molar-refractivity contribution in [3.8, 4) is 5.75 Å². The van der Waals surface area contributed by atoms with Crippen molar-refractivity contribution >= 4 is 33.4 Å². The molecule has 1 aromatic carbocycles. The van der Waals surface area contributed by atoms with E-state index in [0.29, 0.717) is 27.9 Å². The van der Waals surface area contributed by atoms with Gasteiger partial charge in [-0.3, -0.25) is 4.79 Å². The number of carbonyl (C=O) groups excluding carboxylic acids is 1. The highest BCUT2D eigenvalue weighted by molar-refractivity contribution is 9.10. The Hall–Kier alpha value is -0.740. The lowest BCUT2D eigenvalue weighted by atomic mass is 10.0. The Bertz CT molecular complexity index is 423. The molecule has 0 aliphatic carbocycles. The number of aromatic hydroxyl groups is 1. The molecule has 0 aliphatic rings. The molecule has 0 radical (unpaired) electrons. The fourth-order valence-corrected chi connectivity index (χ4v) is 2.38. The number of hydrogen-bond acceptors (Lipinski definition) is 2. The SMILES string of the molecule is CCC(=O)NC(CC)c1cc(Cl)cc(Br)c1O. The summed E-state index contributed by atoms with van der Waals surface area (Å²) in [4.78, 5) is 11.4. The summed E-state index contributed by atoms with van der Waals surface area (Å²) in [6, 6.07) is 3.07. The topological polar surface area (TPSA) is 49.3 Å². The molecular weight excluding hydrogens is 305 g/mol. The van der Waals surface area contributed by atoms with Crippen molar-refractivity contribution in [2.24, 2.45) is 0 Å². The summed E-state index contributed by atoms with van der Waals surface area (Å²) < 4.78 is 0.532. The van der Waals surface area contributed by atoms with Crippen molar-refractivity contribution in [1.29, 1.82) is 0 Å². The van der Waals surface area contributed by atoms with Crippen LogP contribution in [0.5, 0.6) is 5.75 Å². The van der Waals surface area contributed by atoms with E-state index in [1.54, 1.807) is 19.1 Å². The number of phenols is 1. The third kappa shape index (κ3) is 3.61. The lowest BCUT2D eigenvalue weighted by molar-refractivity contribution is -0.121. The molecule has 3 nitrogen and oxygen atoms in total. The maximum Gasteiger partial charge on any atom is 0.220 e. The van der Waals surface area contributed by atoms with Gasteiger partial charge < -0.3 is 10.4 Å². The normalized spacial score (nSPS) is 12.2. The summed E-state index contributed by atoms with van der Waals surface area (Å²) in [6.45, 7) is 3.73. The Balaban J connectivity index is 3.07. The van der Waals surface area contributed by atoms with E-state index in [0.717, 1.165) is 0 Å². The molecule has 5 heteroatoms. The van der Waals surface area contributed by atoms with Crippen LogP contribution in [-0.4, -0.2) is 11.0 Å². The van der Waals surface area contributed by atoms with E-state index in [2.05, 4.69) is 21.2 Å². The summed E-state index contributed by atoms with van der Waals surface area (Å²) in [5, 5.41) is 13.3. The highest BCUT2D eigenvalue weighted by atomic mass is 79.9. The van der Waals surface area contributed by atoms with Crippen molar-refractivity contribution in [3.05, 3.63) is 27.2 Å².